The monoisotopic (exact) mass is 292 g/mol. The standard InChI is InChI=1S/C13H13BrN2O/c1-9(2)17-12-6-4-3-5-10(12)11-7-15-8-16-13(11)14/h3-9H,1-2H3. The van der Waals surface area contributed by atoms with Crippen LogP contribution in [0.1, 0.15) is 13.8 Å². The van der Waals surface area contributed by atoms with Crippen molar-refractivity contribution < 1.29 is 4.74 Å². The quantitative estimate of drug-likeness (QED) is 0.809. The molecule has 0 saturated carbocycles. The van der Waals surface area contributed by atoms with E-state index < -0.39 is 0 Å². The van der Waals surface area contributed by atoms with Gasteiger partial charge in [0.25, 0.3) is 0 Å². The van der Waals surface area contributed by atoms with Gasteiger partial charge >= 0.3 is 0 Å². The molecular weight excluding hydrogens is 280 g/mol. The summed E-state index contributed by atoms with van der Waals surface area (Å²) in [6.07, 6.45) is 3.43. The van der Waals surface area contributed by atoms with Crippen molar-refractivity contribution in [2.45, 2.75) is 20.0 Å². The lowest BCUT2D eigenvalue weighted by Gasteiger charge is -2.14. The third-order valence-electron chi connectivity index (χ3n) is 2.20. The highest BCUT2D eigenvalue weighted by Gasteiger charge is 2.10. The number of ether oxygens (including phenoxy) is 1. The second-order valence-corrected chi connectivity index (χ2v) is 4.64. The number of benzene rings is 1. The summed E-state index contributed by atoms with van der Waals surface area (Å²) in [4.78, 5) is 8.17. The van der Waals surface area contributed by atoms with Crippen LogP contribution >= 0.6 is 15.9 Å². The topological polar surface area (TPSA) is 35.0 Å². The molecule has 0 saturated heterocycles. The highest BCUT2D eigenvalue weighted by molar-refractivity contribution is 9.10. The predicted molar refractivity (Wildman–Crippen MR) is 70.9 cm³/mol. The van der Waals surface area contributed by atoms with Crippen molar-refractivity contribution in [1.82, 2.24) is 9.97 Å². The van der Waals surface area contributed by atoms with Gasteiger partial charge in [0.15, 0.2) is 0 Å². The molecule has 0 bridgehead atoms. The SMILES string of the molecule is CC(C)Oc1ccccc1-c1cncnc1Br. The van der Waals surface area contributed by atoms with Crippen molar-refractivity contribution in [2.75, 3.05) is 0 Å². The van der Waals surface area contributed by atoms with Crippen LogP contribution in [-0.4, -0.2) is 16.1 Å². The molecule has 0 atom stereocenters. The minimum Gasteiger partial charge on any atom is -0.490 e. The van der Waals surface area contributed by atoms with Crippen molar-refractivity contribution in [3.63, 3.8) is 0 Å². The lowest BCUT2D eigenvalue weighted by Crippen LogP contribution is -2.06. The molecule has 0 unspecified atom stereocenters. The first-order valence-corrected chi connectivity index (χ1v) is 6.19. The average molecular weight is 293 g/mol. The van der Waals surface area contributed by atoms with Crippen molar-refractivity contribution in [2.24, 2.45) is 0 Å². The lowest BCUT2D eigenvalue weighted by atomic mass is 10.1. The fourth-order valence-electron chi connectivity index (χ4n) is 1.54. The zero-order valence-corrected chi connectivity index (χ0v) is 11.3. The van der Waals surface area contributed by atoms with Crippen LogP contribution in [0, 0.1) is 0 Å². The maximum absolute atomic E-state index is 5.78. The fraction of sp³-hybridized carbons (Fsp3) is 0.231. The predicted octanol–water partition coefficient (Wildman–Crippen LogP) is 3.69. The summed E-state index contributed by atoms with van der Waals surface area (Å²) >= 11 is 3.43. The Morgan fingerprint density at radius 3 is 2.65 bits per heavy atom. The van der Waals surface area contributed by atoms with Crippen molar-refractivity contribution in [1.29, 1.82) is 0 Å². The zero-order chi connectivity index (χ0) is 12.3. The second-order valence-electron chi connectivity index (χ2n) is 3.89. The van der Waals surface area contributed by atoms with Crippen LogP contribution in [0.3, 0.4) is 0 Å². The Bertz CT molecular complexity index is 514. The van der Waals surface area contributed by atoms with E-state index in [1.54, 1.807) is 6.20 Å². The third kappa shape index (κ3) is 2.82. The molecular formula is C13H13BrN2O. The van der Waals surface area contributed by atoms with Crippen LogP contribution in [0.2, 0.25) is 0 Å². The van der Waals surface area contributed by atoms with E-state index in [9.17, 15) is 0 Å². The fourth-order valence-corrected chi connectivity index (χ4v) is 1.95. The molecule has 0 radical (unpaired) electrons. The number of halogens is 1. The van der Waals surface area contributed by atoms with Crippen LogP contribution in [-0.2, 0) is 0 Å². The van der Waals surface area contributed by atoms with E-state index in [-0.39, 0.29) is 6.10 Å². The first kappa shape index (κ1) is 12.0. The summed E-state index contributed by atoms with van der Waals surface area (Å²) in [6, 6.07) is 7.89. The molecule has 4 heteroatoms. The Morgan fingerprint density at radius 2 is 1.94 bits per heavy atom. The van der Waals surface area contributed by atoms with Crippen LogP contribution in [0.4, 0.5) is 0 Å². The van der Waals surface area contributed by atoms with Gasteiger partial charge < -0.3 is 4.74 Å². The molecule has 1 aromatic heterocycles. The number of aromatic nitrogens is 2. The normalized spacial score (nSPS) is 10.6. The summed E-state index contributed by atoms with van der Waals surface area (Å²) in [5.74, 6) is 0.845. The Balaban J connectivity index is 2.48. The van der Waals surface area contributed by atoms with Crippen LogP contribution in [0.15, 0.2) is 41.4 Å². The van der Waals surface area contributed by atoms with Crippen molar-refractivity contribution >= 4 is 15.9 Å². The number of hydrogen-bond donors (Lipinski definition) is 0. The molecule has 2 aromatic rings. The van der Waals surface area contributed by atoms with Crippen LogP contribution in [0.5, 0.6) is 5.75 Å². The molecule has 0 fully saturated rings. The molecule has 3 nitrogen and oxygen atoms in total. The Hall–Kier alpha value is -1.42. The Labute approximate surface area is 109 Å². The highest BCUT2D eigenvalue weighted by Crippen LogP contribution is 2.33. The molecule has 0 amide bonds. The molecule has 0 spiro atoms. The zero-order valence-electron chi connectivity index (χ0n) is 9.72. The van der Waals surface area contributed by atoms with E-state index in [0.29, 0.717) is 0 Å². The van der Waals surface area contributed by atoms with E-state index in [0.717, 1.165) is 21.5 Å². The Morgan fingerprint density at radius 1 is 1.18 bits per heavy atom. The first-order valence-electron chi connectivity index (χ1n) is 5.40. The average Bonchev–Trinajstić information content (AvgIpc) is 2.30. The van der Waals surface area contributed by atoms with Crippen molar-refractivity contribution in [3.05, 3.63) is 41.4 Å². The van der Waals surface area contributed by atoms with Crippen LogP contribution in [0.25, 0.3) is 11.1 Å². The van der Waals surface area contributed by atoms with Gasteiger partial charge in [0.1, 0.15) is 16.7 Å². The van der Waals surface area contributed by atoms with Gasteiger partial charge in [-0.1, -0.05) is 18.2 Å². The number of rotatable bonds is 3. The summed E-state index contributed by atoms with van der Waals surface area (Å²) in [7, 11) is 0. The third-order valence-corrected chi connectivity index (χ3v) is 2.84. The van der Waals surface area contributed by atoms with Gasteiger partial charge in [0, 0.05) is 17.3 Å². The molecule has 1 heterocycles. The summed E-state index contributed by atoms with van der Waals surface area (Å²) in [5.41, 5.74) is 1.93. The van der Waals surface area contributed by atoms with Gasteiger partial charge in [0.05, 0.1) is 6.10 Å². The summed E-state index contributed by atoms with van der Waals surface area (Å²) < 4.78 is 6.55. The van der Waals surface area contributed by atoms with Crippen LogP contribution < -0.4 is 4.74 Å². The molecule has 1 aromatic carbocycles. The van der Waals surface area contributed by atoms with Gasteiger partial charge in [-0.3, -0.25) is 0 Å². The largest absolute Gasteiger partial charge is 0.490 e. The summed E-state index contributed by atoms with van der Waals surface area (Å²) in [5, 5.41) is 0. The maximum Gasteiger partial charge on any atom is 0.127 e. The highest BCUT2D eigenvalue weighted by atomic mass is 79.9. The van der Waals surface area contributed by atoms with Gasteiger partial charge in [-0.25, -0.2) is 9.97 Å². The minimum atomic E-state index is 0.138. The van der Waals surface area contributed by atoms with E-state index in [1.807, 2.05) is 38.1 Å². The minimum absolute atomic E-state index is 0.138. The van der Waals surface area contributed by atoms with E-state index in [1.165, 1.54) is 6.33 Å². The molecule has 88 valence electrons. The Kier molecular flexibility index (Phi) is 3.74. The molecule has 0 aliphatic carbocycles. The van der Waals surface area contributed by atoms with Gasteiger partial charge in [-0.2, -0.15) is 0 Å². The number of nitrogens with zero attached hydrogens (tertiary/aromatic N) is 2. The molecule has 0 aliphatic rings. The number of para-hydroxylation sites is 1. The molecule has 0 N–H and O–H groups in total. The molecule has 17 heavy (non-hydrogen) atoms. The number of hydrogen-bond acceptors (Lipinski definition) is 3. The van der Waals surface area contributed by atoms with Crippen molar-refractivity contribution in [3.8, 4) is 16.9 Å². The smallest absolute Gasteiger partial charge is 0.127 e. The van der Waals surface area contributed by atoms with E-state index in [4.69, 9.17) is 4.74 Å². The van der Waals surface area contributed by atoms with Gasteiger partial charge in [-0.15, -0.1) is 0 Å². The molecule has 2 rings (SSSR count). The van der Waals surface area contributed by atoms with E-state index in [2.05, 4.69) is 25.9 Å². The maximum atomic E-state index is 5.78. The second kappa shape index (κ2) is 5.27. The summed E-state index contributed by atoms with van der Waals surface area (Å²) in [6.45, 7) is 4.01. The molecule has 0 aliphatic heterocycles. The van der Waals surface area contributed by atoms with Gasteiger partial charge in [0.2, 0.25) is 0 Å². The lowest BCUT2D eigenvalue weighted by molar-refractivity contribution is 0.243. The van der Waals surface area contributed by atoms with E-state index >= 15 is 0 Å². The first-order chi connectivity index (χ1) is 8.18. The van der Waals surface area contributed by atoms with Gasteiger partial charge in [-0.05, 0) is 35.8 Å².